The zero-order valence-corrected chi connectivity index (χ0v) is 43.4. The number of rotatable bonds is 10. The van der Waals surface area contributed by atoms with E-state index in [4.69, 9.17) is 0 Å². The van der Waals surface area contributed by atoms with Crippen molar-refractivity contribution in [2.24, 2.45) is 0 Å². The molecule has 2 heteroatoms. The first-order valence-corrected chi connectivity index (χ1v) is 27.3. The monoisotopic (exact) mass is 1000 g/mol. The van der Waals surface area contributed by atoms with Crippen LogP contribution in [-0.4, -0.2) is 4.57 Å². The lowest BCUT2D eigenvalue weighted by Crippen LogP contribution is -2.28. The number of fused-ring (bicyclic) bond motifs is 7. The topological polar surface area (TPSA) is 8.17 Å². The molecular weight excluding hydrogens is 953 g/mol. The normalized spacial score (nSPS) is 12.4. The van der Waals surface area contributed by atoms with Crippen molar-refractivity contribution in [3.8, 4) is 61.3 Å². The summed E-state index contributed by atoms with van der Waals surface area (Å²) >= 11 is 0. The molecule has 0 bridgehead atoms. The summed E-state index contributed by atoms with van der Waals surface area (Å²) in [5.74, 6) is 0. The van der Waals surface area contributed by atoms with E-state index in [1.807, 2.05) is 0 Å². The molecule has 15 rings (SSSR count). The number of hydrogen-bond donors (Lipinski definition) is 0. The largest absolute Gasteiger partial charge is 0.311 e. The molecule has 1 aromatic heterocycles. The number of benzene rings is 13. The minimum atomic E-state index is -0.469. The third-order valence-electron chi connectivity index (χ3n) is 16.5. The van der Waals surface area contributed by atoms with E-state index in [2.05, 4.69) is 325 Å². The summed E-state index contributed by atoms with van der Waals surface area (Å²) in [7, 11) is 0. The number of hydrogen-bond acceptors (Lipinski definition) is 1. The van der Waals surface area contributed by atoms with Gasteiger partial charge in [0.05, 0.1) is 16.4 Å². The minimum Gasteiger partial charge on any atom is -0.311 e. The predicted molar refractivity (Wildman–Crippen MR) is 332 cm³/mol. The second-order valence-corrected chi connectivity index (χ2v) is 20.8. The van der Waals surface area contributed by atoms with Gasteiger partial charge in [0, 0.05) is 33.5 Å². The second kappa shape index (κ2) is 19.1. The van der Waals surface area contributed by atoms with Gasteiger partial charge in [-0.05, 0) is 168 Å². The Bertz CT molecular complexity index is 4480. The molecule has 0 unspecified atom stereocenters. The van der Waals surface area contributed by atoms with Crippen molar-refractivity contribution in [2.75, 3.05) is 4.90 Å². The Morgan fingerprint density at radius 3 is 1.29 bits per heavy atom. The summed E-state index contributed by atoms with van der Waals surface area (Å²) in [6.45, 7) is 0. The molecule has 1 aliphatic rings. The standard InChI is InChI=1S/C77H52N2/c1-3-22-63(23-4-1)77(64-24-5-2-6-25-64)73-30-12-9-27-69(73)70-48-41-62(52-74(70)77)56-39-46-67(47-40-56)78(65-42-35-54(36-43-65)58-19-15-20-59(49-58)61-34-33-53-17-7-8-18-57(53)50-61)66-44-37-55(38-45-66)60-21-16-26-68(51-60)79-75-31-13-10-28-71(75)72-29-11-14-32-76(72)79/h1-52H. The molecule has 0 radical (unpaired) electrons. The fourth-order valence-electron chi connectivity index (χ4n) is 12.8. The maximum atomic E-state index is 2.45. The molecule has 0 amide bonds. The van der Waals surface area contributed by atoms with Crippen molar-refractivity contribution in [1.29, 1.82) is 0 Å². The van der Waals surface area contributed by atoms with E-state index in [0.717, 1.165) is 39.4 Å². The van der Waals surface area contributed by atoms with Gasteiger partial charge in [0.2, 0.25) is 0 Å². The summed E-state index contributed by atoms with van der Waals surface area (Å²) in [5, 5.41) is 5.01. The summed E-state index contributed by atoms with van der Waals surface area (Å²) in [5.41, 5.74) is 23.5. The van der Waals surface area contributed by atoms with Gasteiger partial charge in [-0.15, -0.1) is 0 Å². The maximum absolute atomic E-state index is 2.45. The van der Waals surface area contributed by atoms with Gasteiger partial charge < -0.3 is 9.47 Å². The molecule has 13 aromatic carbocycles. The van der Waals surface area contributed by atoms with Crippen LogP contribution in [0.1, 0.15) is 22.3 Å². The highest BCUT2D eigenvalue weighted by molar-refractivity contribution is 6.09. The molecule has 0 atom stereocenters. The Kier molecular flexibility index (Phi) is 11.1. The zero-order chi connectivity index (χ0) is 52.3. The van der Waals surface area contributed by atoms with Crippen LogP contribution in [0.2, 0.25) is 0 Å². The predicted octanol–water partition coefficient (Wildman–Crippen LogP) is 20.4. The average Bonchev–Trinajstić information content (AvgIpc) is 3.81. The molecule has 14 aromatic rings. The summed E-state index contributed by atoms with van der Waals surface area (Å²) in [4.78, 5) is 2.38. The fourth-order valence-corrected chi connectivity index (χ4v) is 12.8. The molecule has 0 spiro atoms. The van der Waals surface area contributed by atoms with Gasteiger partial charge in [0.25, 0.3) is 0 Å². The highest BCUT2D eigenvalue weighted by Crippen LogP contribution is 2.57. The van der Waals surface area contributed by atoms with Crippen molar-refractivity contribution < 1.29 is 0 Å². The third kappa shape index (κ3) is 7.79. The van der Waals surface area contributed by atoms with E-state index >= 15 is 0 Å². The van der Waals surface area contributed by atoms with Crippen LogP contribution in [0, 0.1) is 0 Å². The van der Waals surface area contributed by atoms with Crippen molar-refractivity contribution in [1.82, 2.24) is 4.57 Å². The summed E-state index contributed by atoms with van der Waals surface area (Å²) in [6.07, 6.45) is 0. The number of nitrogens with zero attached hydrogens (tertiary/aromatic N) is 2. The molecule has 79 heavy (non-hydrogen) atoms. The Labute approximate surface area is 461 Å². The molecule has 0 saturated carbocycles. The lowest BCUT2D eigenvalue weighted by atomic mass is 9.67. The molecule has 2 nitrogen and oxygen atoms in total. The molecule has 0 saturated heterocycles. The van der Waals surface area contributed by atoms with E-state index in [9.17, 15) is 0 Å². The van der Waals surface area contributed by atoms with E-state index in [1.165, 1.54) is 93.8 Å². The third-order valence-corrected chi connectivity index (χ3v) is 16.5. The van der Waals surface area contributed by atoms with Crippen molar-refractivity contribution in [3.05, 3.63) is 338 Å². The van der Waals surface area contributed by atoms with Crippen LogP contribution in [0.25, 0.3) is 93.9 Å². The number of para-hydroxylation sites is 2. The van der Waals surface area contributed by atoms with Gasteiger partial charge in [-0.2, -0.15) is 0 Å². The lowest BCUT2D eigenvalue weighted by Gasteiger charge is -2.34. The summed E-state index contributed by atoms with van der Waals surface area (Å²) in [6, 6.07) is 116. The minimum absolute atomic E-state index is 0.469. The van der Waals surface area contributed by atoms with Crippen LogP contribution in [-0.2, 0) is 5.41 Å². The van der Waals surface area contributed by atoms with Crippen LogP contribution in [0.4, 0.5) is 17.1 Å². The second-order valence-electron chi connectivity index (χ2n) is 20.8. The fraction of sp³-hybridized carbons (Fsp3) is 0.0130. The number of anilines is 3. The van der Waals surface area contributed by atoms with E-state index < -0.39 is 5.41 Å². The van der Waals surface area contributed by atoms with Crippen LogP contribution in [0.5, 0.6) is 0 Å². The van der Waals surface area contributed by atoms with E-state index in [-0.39, 0.29) is 0 Å². The molecule has 0 aliphatic heterocycles. The van der Waals surface area contributed by atoms with Gasteiger partial charge in [0.1, 0.15) is 0 Å². The quantitative estimate of drug-likeness (QED) is 0.133. The lowest BCUT2D eigenvalue weighted by molar-refractivity contribution is 0.769. The summed E-state index contributed by atoms with van der Waals surface area (Å²) < 4.78 is 2.39. The molecule has 0 N–H and O–H groups in total. The van der Waals surface area contributed by atoms with Gasteiger partial charge in [-0.3, -0.25) is 0 Å². The average molecular weight is 1010 g/mol. The first-order valence-electron chi connectivity index (χ1n) is 27.3. The van der Waals surface area contributed by atoms with Crippen molar-refractivity contribution >= 4 is 49.6 Å². The molecule has 1 heterocycles. The van der Waals surface area contributed by atoms with E-state index in [0.29, 0.717) is 0 Å². The van der Waals surface area contributed by atoms with Gasteiger partial charge in [-0.1, -0.05) is 237 Å². The molecule has 0 fully saturated rings. The van der Waals surface area contributed by atoms with Gasteiger partial charge >= 0.3 is 0 Å². The smallest absolute Gasteiger partial charge is 0.0713 e. The molecule has 370 valence electrons. The van der Waals surface area contributed by atoms with Crippen LogP contribution in [0.15, 0.2) is 315 Å². The SMILES string of the molecule is c1ccc(C2(c3ccccc3)c3ccccc3-c3ccc(-c4ccc(N(c5ccc(-c6cccc(-c7ccc8ccccc8c7)c6)cc5)c5ccc(-c6cccc(-n7c8ccccc8c8ccccc87)c6)cc5)cc4)cc32)cc1. The number of aromatic nitrogens is 1. The zero-order valence-electron chi connectivity index (χ0n) is 43.4. The van der Waals surface area contributed by atoms with Gasteiger partial charge in [0.15, 0.2) is 0 Å². The van der Waals surface area contributed by atoms with Crippen molar-refractivity contribution in [2.45, 2.75) is 5.41 Å². The maximum Gasteiger partial charge on any atom is 0.0713 e. The van der Waals surface area contributed by atoms with Crippen LogP contribution in [0.3, 0.4) is 0 Å². The van der Waals surface area contributed by atoms with Gasteiger partial charge in [-0.25, -0.2) is 0 Å². The Morgan fingerprint density at radius 2 is 0.684 bits per heavy atom. The first kappa shape index (κ1) is 46.1. The highest BCUT2D eigenvalue weighted by Gasteiger charge is 2.46. The van der Waals surface area contributed by atoms with Crippen LogP contribution >= 0.6 is 0 Å². The highest BCUT2D eigenvalue weighted by atomic mass is 15.1. The Hall–Kier alpha value is -10.3. The van der Waals surface area contributed by atoms with E-state index in [1.54, 1.807) is 0 Å². The van der Waals surface area contributed by atoms with Crippen LogP contribution < -0.4 is 4.90 Å². The van der Waals surface area contributed by atoms with Crippen molar-refractivity contribution in [3.63, 3.8) is 0 Å². The first-order chi connectivity index (χ1) is 39.2. The Morgan fingerprint density at radius 1 is 0.253 bits per heavy atom. The Balaban J connectivity index is 0.808. The molecule has 1 aliphatic carbocycles. The molecular formula is C77H52N2.